The average Bonchev–Trinajstić information content (AvgIpc) is 3.23. The highest BCUT2D eigenvalue weighted by Gasteiger charge is 2.16. The van der Waals surface area contributed by atoms with Crippen molar-refractivity contribution in [1.29, 1.82) is 0 Å². The summed E-state index contributed by atoms with van der Waals surface area (Å²) in [5.41, 5.74) is 0. The Balaban J connectivity index is 3.62. The molecule has 0 aliphatic rings. The maximum atomic E-state index is 12.2. The maximum absolute atomic E-state index is 12.2. The molecule has 330 valence electrons. The van der Waals surface area contributed by atoms with Crippen LogP contribution in [0, 0.1) is 0 Å². The number of aliphatic hydroxyl groups is 1. The van der Waals surface area contributed by atoms with E-state index < -0.39 is 6.10 Å². The van der Waals surface area contributed by atoms with Gasteiger partial charge in [0, 0.05) is 12.8 Å². The predicted molar refractivity (Wildman–Crippen MR) is 251 cm³/mol. The first kappa shape index (κ1) is 54.8. The Labute approximate surface area is 358 Å². The van der Waals surface area contributed by atoms with Crippen LogP contribution in [0.2, 0.25) is 0 Å². The van der Waals surface area contributed by atoms with E-state index >= 15 is 0 Å². The third kappa shape index (κ3) is 45.5. The third-order valence-corrected chi connectivity index (χ3v) is 9.89. The van der Waals surface area contributed by atoms with Gasteiger partial charge < -0.3 is 14.6 Å². The second-order valence-electron chi connectivity index (χ2n) is 15.5. The maximum Gasteiger partial charge on any atom is 0.306 e. The van der Waals surface area contributed by atoms with Gasteiger partial charge in [-0.1, -0.05) is 214 Å². The molecule has 0 bridgehead atoms. The highest BCUT2D eigenvalue weighted by molar-refractivity contribution is 5.70. The smallest absolute Gasteiger partial charge is 0.306 e. The van der Waals surface area contributed by atoms with Crippen LogP contribution in [0.5, 0.6) is 0 Å². The minimum atomic E-state index is -0.783. The molecule has 0 aromatic rings. The van der Waals surface area contributed by atoms with Crippen molar-refractivity contribution in [2.75, 3.05) is 13.2 Å². The van der Waals surface area contributed by atoms with Crippen molar-refractivity contribution in [2.45, 2.75) is 213 Å². The molecule has 0 saturated carbocycles. The molecule has 1 atom stereocenters. The van der Waals surface area contributed by atoms with E-state index in [0.717, 1.165) is 96.3 Å². The largest absolute Gasteiger partial charge is 0.462 e. The fourth-order valence-corrected chi connectivity index (χ4v) is 6.33. The van der Waals surface area contributed by atoms with Crippen LogP contribution in [0.25, 0.3) is 0 Å². The van der Waals surface area contributed by atoms with E-state index in [1.807, 2.05) is 0 Å². The summed E-state index contributed by atoms with van der Waals surface area (Å²) >= 11 is 0. The van der Waals surface area contributed by atoms with Crippen molar-refractivity contribution in [3.8, 4) is 0 Å². The number of hydrogen-bond acceptors (Lipinski definition) is 5. The lowest BCUT2D eigenvalue weighted by Gasteiger charge is -2.15. The van der Waals surface area contributed by atoms with E-state index in [2.05, 4.69) is 111 Å². The number of ether oxygens (including phenoxy) is 2. The van der Waals surface area contributed by atoms with E-state index in [1.165, 1.54) is 83.5 Å². The number of aliphatic hydroxyl groups excluding tert-OH is 1. The Morgan fingerprint density at radius 3 is 1.12 bits per heavy atom. The monoisotopic (exact) mass is 805 g/mol. The number of unbranched alkanes of at least 4 members (excludes halogenated alkanes) is 18. The number of allylic oxidation sites excluding steroid dienone is 16. The summed E-state index contributed by atoms with van der Waals surface area (Å²) in [6, 6.07) is 0. The first-order valence-corrected chi connectivity index (χ1v) is 23.8. The summed E-state index contributed by atoms with van der Waals surface area (Å²) in [6.07, 6.45) is 67.7. The van der Waals surface area contributed by atoms with E-state index in [9.17, 15) is 14.7 Å². The Kier molecular flexibility index (Phi) is 45.5. The van der Waals surface area contributed by atoms with Gasteiger partial charge in [-0.3, -0.25) is 9.59 Å². The number of hydrogen-bond donors (Lipinski definition) is 1. The molecule has 0 aliphatic carbocycles. The first-order valence-electron chi connectivity index (χ1n) is 23.8. The standard InChI is InChI=1S/C53H88O5/c1-3-5-7-9-11-13-15-17-18-19-20-21-22-23-24-25-26-27-28-29-30-31-32-33-34-36-38-40-42-44-46-48-53(56)58-51(49-54)50-57-52(55)47-45-43-41-39-37-35-16-14-12-10-8-6-4-2/h5,7,11,13,17-18,20-21,23-24,26-27,29-30,32-33,51,54H,3-4,6,8-10,12,14-16,19,22,25,28,31,34-50H2,1-2H3/b7-5-,13-11-,18-17-,21-20-,24-23-,27-26-,30-29-,33-32-. The van der Waals surface area contributed by atoms with Gasteiger partial charge in [-0.2, -0.15) is 0 Å². The second-order valence-corrected chi connectivity index (χ2v) is 15.5. The molecule has 1 N–H and O–H groups in total. The topological polar surface area (TPSA) is 72.8 Å². The molecule has 5 heteroatoms. The van der Waals surface area contributed by atoms with Crippen LogP contribution in [0.4, 0.5) is 0 Å². The zero-order valence-electron chi connectivity index (χ0n) is 37.5. The SMILES string of the molecule is CC/C=C\C/C=C\C/C=C\C/C=C\C/C=C\C/C=C\C/C=C\C/C=C\CCCCCCCCC(=O)OC(CO)COC(=O)CCCCCCCCCCCCCCC. The van der Waals surface area contributed by atoms with Gasteiger partial charge in [0.1, 0.15) is 6.61 Å². The molecule has 0 saturated heterocycles. The van der Waals surface area contributed by atoms with Gasteiger partial charge in [0.2, 0.25) is 0 Å². The summed E-state index contributed by atoms with van der Waals surface area (Å²) in [5, 5.41) is 9.59. The summed E-state index contributed by atoms with van der Waals surface area (Å²) in [5.74, 6) is -0.610. The molecule has 0 spiro atoms. The van der Waals surface area contributed by atoms with E-state index in [-0.39, 0.29) is 25.2 Å². The van der Waals surface area contributed by atoms with Crippen LogP contribution in [0.15, 0.2) is 97.2 Å². The van der Waals surface area contributed by atoms with Crippen molar-refractivity contribution < 1.29 is 24.2 Å². The van der Waals surface area contributed by atoms with Gasteiger partial charge in [0.25, 0.3) is 0 Å². The average molecular weight is 805 g/mol. The van der Waals surface area contributed by atoms with Crippen LogP contribution in [0.3, 0.4) is 0 Å². The molecule has 0 amide bonds. The summed E-state index contributed by atoms with van der Waals surface area (Å²) < 4.78 is 10.6. The van der Waals surface area contributed by atoms with Crippen LogP contribution in [-0.2, 0) is 19.1 Å². The molecule has 5 nitrogen and oxygen atoms in total. The van der Waals surface area contributed by atoms with Gasteiger partial charge in [-0.05, 0) is 77.0 Å². The van der Waals surface area contributed by atoms with Gasteiger partial charge in [0.05, 0.1) is 6.61 Å². The Morgan fingerprint density at radius 2 is 0.741 bits per heavy atom. The van der Waals surface area contributed by atoms with Crippen LogP contribution >= 0.6 is 0 Å². The minimum absolute atomic E-state index is 0.0748. The van der Waals surface area contributed by atoms with Crippen molar-refractivity contribution in [1.82, 2.24) is 0 Å². The Morgan fingerprint density at radius 1 is 0.414 bits per heavy atom. The lowest BCUT2D eigenvalue weighted by Crippen LogP contribution is -2.28. The number of rotatable bonds is 42. The molecule has 58 heavy (non-hydrogen) atoms. The minimum Gasteiger partial charge on any atom is -0.462 e. The molecular weight excluding hydrogens is 717 g/mol. The Hall–Kier alpha value is -3.18. The summed E-state index contributed by atoms with van der Waals surface area (Å²) in [7, 11) is 0. The normalized spacial score (nSPS) is 13.1. The number of carbonyl (C=O) groups is 2. The van der Waals surface area contributed by atoms with Gasteiger partial charge in [0.15, 0.2) is 6.10 Å². The fraction of sp³-hybridized carbons (Fsp3) is 0.660. The van der Waals surface area contributed by atoms with Crippen LogP contribution in [0.1, 0.15) is 206 Å². The molecule has 1 unspecified atom stereocenters. The molecular formula is C53H88O5. The molecule has 0 heterocycles. The van der Waals surface area contributed by atoms with Crippen LogP contribution < -0.4 is 0 Å². The Bertz CT molecular complexity index is 1140. The summed E-state index contributed by atoms with van der Waals surface area (Å²) in [6.45, 7) is 4.01. The van der Waals surface area contributed by atoms with E-state index in [0.29, 0.717) is 12.8 Å². The van der Waals surface area contributed by atoms with Crippen LogP contribution in [-0.4, -0.2) is 36.4 Å². The first-order chi connectivity index (χ1) is 28.6. The molecule has 0 aromatic carbocycles. The highest BCUT2D eigenvalue weighted by Crippen LogP contribution is 2.14. The van der Waals surface area contributed by atoms with E-state index in [4.69, 9.17) is 9.47 Å². The van der Waals surface area contributed by atoms with Crippen molar-refractivity contribution in [3.05, 3.63) is 97.2 Å². The molecule has 0 aliphatic heterocycles. The zero-order valence-corrected chi connectivity index (χ0v) is 37.5. The van der Waals surface area contributed by atoms with Gasteiger partial charge in [-0.15, -0.1) is 0 Å². The zero-order chi connectivity index (χ0) is 42.1. The predicted octanol–water partition coefficient (Wildman–Crippen LogP) is 15.6. The van der Waals surface area contributed by atoms with Crippen molar-refractivity contribution in [3.63, 3.8) is 0 Å². The molecule has 0 aromatic heterocycles. The molecule has 0 fully saturated rings. The highest BCUT2D eigenvalue weighted by atomic mass is 16.6. The van der Waals surface area contributed by atoms with Gasteiger partial charge in [-0.25, -0.2) is 0 Å². The lowest BCUT2D eigenvalue weighted by molar-refractivity contribution is -0.161. The number of carbonyl (C=O) groups excluding carboxylic acids is 2. The van der Waals surface area contributed by atoms with E-state index in [1.54, 1.807) is 0 Å². The summed E-state index contributed by atoms with van der Waals surface area (Å²) in [4.78, 5) is 24.3. The quantitative estimate of drug-likeness (QED) is 0.0378. The molecule has 0 radical (unpaired) electrons. The second kappa shape index (κ2) is 48.2. The number of esters is 2. The fourth-order valence-electron chi connectivity index (χ4n) is 6.33. The van der Waals surface area contributed by atoms with Gasteiger partial charge >= 0.3 is 11.9 Å². The van der Waals surface area contributed by atoms with Crippen molar-refractivity contribution >= 4 is 11.9 Å². The lowest BCUT2D eigenvalue weighted by atomic mass is 10.0. The third-order valence-electron chi connectivity index (χ3n) is 9.89. The van der Waals surface area contributed by atoms with Crippen molar-refractivity contribution in [2.24, 2.45) is 0 Å². The molecule has 0 rings (SSSR count).